The Morgan fingerprint density at radius 1 is 0.355 bits per heavy atom. The Balaban J connectivity index is 2.19. The third-order valence-corrected chi connectivity index (χ3v) is 117. The van der Waals surface area contributed by atoms with Gasteiger partial charge in [0.1, 0.15) is 0 Å². The van der Waals surface area contributed by atoms with Crippen molar-refractivity contribution in [3.05, 3.63) is 69.8 Å². The second-order valence-electron chi connectivity index (χ2n) is 23.8. The van der Waals surface area contributed by atoms with Gasteiger partial charge in [0, 0.05) is 0 Å². The van der Waals surface area contributed by atoms with Gasteiger partial charge in [-0.15, -0.1) is 0 Å². The summed E-state index contributed by atoms with van der Waals surface area (Å²) in [5.41, 5.74) is 8.75. The molecule has 2 atom stereocenters. The van der Waals surface area contributed by atoms with Crippen LogP contribution in [-0.2, 0) is 32.5 Å². The fourth-order valence-electron chi connectivity index (χ4n) is 6.92. The average Bonchev–Trinajstić information content (AvgIpc) is 3.04. The van der Waals surface area contributed by atoms with Crippen molar-refractivity contribution >= 4 is 96.6 Å². The molecule has 348 valence electrons. The van der Waals surface area contributed by atoms with Crippen molar-refractivity contribution in [2.45, 2.75) is 217 Å². The normalized spacial score (nSPS) is 18.9. The SMILES string of the molecule is CC(C)Oc1cc(C(C)(C)C)cc(C(C)(C)C)c1P1[Se][Se][Se]P(c2c(OC(C)C)cc(C(C)(C)C)cc2C(C)(C)C)[Se]P(c2c(OC(C)C)cc(C(C)(C)C)cc2C(C)(C)C)[Se]1. The summed E-state index contributed by atoms with van der Waals surface area (Å²) >= 11 is 2.38. The van der Waals surface area contributed by atoms with Crippen LogP contribution in [-0.4, -0.2) is 83.1 Å². The Morgan fingerprint density at radius 3 is 0.806 bits per heavy atom. The third kappa shape index (κ3) is 14.5. The van der Waals surface area contributed by atoms with Gasteiger partial charge in [-0.2, -0.15) is 0 Å². The van der Waals surface area contributed by atoms with E-state index in [0.29, 0.717) is 64.8 Å². The summed E-state index contributed by atoms with van der Waals surface area (Å²) in [4.78, 5) is 0. The van der Waals surface area contributed by atoms with Crippen LogP contribution < -0.4 is 30.1 Å². The summed E-state index contributed by atoms with van der Waals surface area (Å²) in [5, 5.41) is 3.39. The molecule has 62 heavy (non-hydrogen) atoms. The molecule has 3 aromatic rings. The predicted molar refractivity (Wildman–Crippen MR) is 287 cm³/mol. The van der Waals surface area contributed by atoms with Crippen molar-refractivity contribution in [1.29, 1.82) is 0 Å². The van der Waals surface area contributed by atoms with Crippen molar-refractivity contribution in [2.75, 3.05) is 0 Å². The van der Waals surface area contributed by atoms with Crippen LogP contribution in [0.5, 0.6) is 17.2 Å². The Kier molecular flexibility index (Phi) is 18.7. The van der Waals surface area contributed by atoms with Crippen molar-refractivity contribution in [2.24, 2.45) is 0 Å². The molecular weight excluding hydrogens is 1150 g/mol. The van der Waals surface area contributed by atoms with Crippen LogP contribution in [0.25, 0.3) is 0 Å². The van der Waals surface area contributed by atoms with Gasteiger partial charge in [0.25, 0.3) is 0 Å². The molecule has 0 aliphatic carbocycles. The summed E-state index contributed by atoms with van der Waals surface area (Å²) in [6.07, 6.45) is 0.322. The van der Waals surface area contributed by atoms with Crippen molar-refractivity contribution in [3.63, 3.8) is 0 Å². The van der Waals surface area contributed by atoms with E-state index in [4.69, 9.17) is 14.2 Å². The van der Waals surface area contributed by atoms with E-state index in [1.54, 1.807) is 15.9 Å². The molecule has 0 radical (unpaired) electrons. The van der Waals surface area contributed by atoms with E-state index in [-0.39, 0.29) is 50.8 Å². The molecule has 1 saturated heterocycles. The molecule has 0 N–H and O–H groups in total. The molecule has 3 aromatic carbocycles. The van der Waals surface area contributed by atoms with Gasteiger partial charge in [-0.1, -0.05) is 0 Å². The van der Waals surface area contributed by atoms with Crippen molar-refractivity contribution < 1.29 is 14.2 Å². The standard InChI is InChI=1S/C51H81O3P3Se5/c1-31(2)52-40-28-34(46(7,8)9)25-37(49(16,17)18)43(40)55-58-56(44-38(50(19,20)21)26-35(47(10,11)12)29-41(44)53-32(3)4)60-62-61-57(59-55)45-39(51(22,23)24)27-36(48(13,14)15)30-42(45)54-33(5)6/h25-33H,1-24H3. The Labute approximate surface area is 411 Å². The molecule has 2 unspecified atom stereocenters. The van der Waals surface area contributed by atoms with E-state index in [1.165, 1.54) is 50.6 Å². The minimum absolute atomic E-state index is 0.00244. The van der Waals surface area contributed by atoms with Crippen LogP contribution in [0.3, 0.4) is 0 Å². The van der Waals surface area contributed by atoms with Gasteiger partial charge in [-0.05, 0) is 0 Å². The molecule has 0 amide bonds. The van der Waals surface area contributed by atoms with Crippen molar-refractivity contribution in [1.82, 2.24) is 0 Å². The zero-order chi connectivity index (χ0) is 47.3. The van der Waals surface area contributed by atoms with Crippen LogP contribution in [0.2, 0.25) is 0 Å². The molecule has 1 heterocycles. The van der Waals surface area contributed by atoms with E-state index < -0.39 is 15.9 Å². The van der Waals surface area contributed by atoms with Gasteiger partial charge >= 0.3 is 415 Å². The van der Waals surface area contributed by atoms with Crippen LogP contribution in [0, 0.1) is 0 Å². The van der Waals surface area contributed by atoms with Gasteiger partial charge in [0.15, 0.2) is 0 Å². The first-order valence-corrected chi connectivity index (χ1v) is 48.3. The van der Waals surface area contributed by atoms with E-state index in [1.807, 2.05) is 0 Å². The first-order valence-electron chi connectivity index (χ1n) is 22.3. The Hall–Kier alpha value is 0.947. The fraction of sp³-hybridized carbons (Fsp3) is 0.647. The quantitative estimate of drug-likeness (QED) is 0.158. The molecule has 0 spiro atoms. The average molecular weight is 1230 g/mol. The molecule has 0 saturated carbocycles. The summed E-state index contributed by atoms with van der Waals surface area (Å²) in [5.74, 6) is 3.52. The molecule has 3 nitrogen and oxygen atoms in total. The van der Waals surface area contributed by atoms with E-state index >= 15 is 0 Å². The molecule has 11 heteroatoms. The monoisotopic (exact) mass is 1230 g/mol. The second kappa shape index (κ2) is 20.9. The van der Waals surface area contributed by atoms with Gasteiger partial charge in [-0.3, -0.25) is 0 Å². The van der Waals surface area contributed by atoms with Crippen LogP contribution >= 0.6 is 15.9 Å². The van der Waals surface area contributed by atoms with Crippen LogP contribution in [0.1, 0.15) is 200 Å². The molecule has 1 aliphatic rings. The molecule has 1 fully saturated rings. The van der Waals surface area contributed by atoms with Crippen molar-refractivity contribution in [3.8, 4) is 17.2 Å². The summed E-state index contributed by atoms with van der Waals surface area (Å²) in [7, 11) is 0. The molecule has 0 bridgehead atoms. The van der Waals surface area contributed by atoms with Gasteiger partial charge in [0.05, 0.1) is 0 Å². The fourth-order valence-corrected chi connectivity index (χ4v) is 212. The summed E-state index contributed by atoms with van der Waals surface area (Å²) in [6, 6.07) is 15.2. The second-order valence-corrected chi connectivity index (χ2v) is 79.9. The maximum absolute atomic E-state index is 7.15. The Bertz CT molecular complexity index is 1920. The van der Waals surface area contributed by atoms with Crippen LogP contribution in [0.15, 0.2) is 36.4 Å². The predicted octanol–water partition coefficient (Wildman–Crippen LogP) is 13.4. The molecular formula is C51H81O3P3Se5. The molecule has 0 aromatic heterocycles. The first kappa shape index (κ1) is 55.5. The number of rotatable bonds is 9. The minimum atomic E-state index is -0.556. The summed E-state index contributed by atoms with van der Waals surface area (Å²) in [6.45, 7) is 56.6. The molecule has 1 aliphatic heterocycles. The zero-order valence-electron chi connectivity index (χ0n) is 42.8. The maximum atomic E-state index is 7.15. The van der Waals surface area contributed by atoms with Gasteiger partial charge < -0.3 is 0 Å². The van der Waals surface area contributed by atoms with Crippen LogP contribution in [0.4, 0.5) is 0 Å². The van der Waals surface area contributed by atoms with E-state index in [9.17, 15) is 0 Å². The number of hydrogen-bond donors (Lipinski definition) is 0. The topological polar surface area (TPSA) is 27.7 Å². The summed E-state index contributed by atoms with van der Waals surface area (Å²) < 4.78 is 21.3. The zero-order valence-corrected chi connectivity index (χ0v) is 54.1. The number of ether oxygens (including phenoxy) is 3. The van der Waals surface area contributed by atoms with Gasteiger partial charge in [-0.25, -0.2) is 0 Å². The van der Waals surface area contributed by atoms with E-state index in [0.717, 1.165) is 0 Å². The number of hydrogen-bond acceptors (Lipinski definition) is 3. The number of benzene rings is 3. The third-order valence-electron chi connectivity index (χ3n) is 10.4. The van der Waals surface area contributed by atoms with E-state index in [2.05, 4.69) is 203 Å². The molecule has 4 rings (SSSR count). The first-order chi connectivity index (χ1) is 28.0. The Morgan fingerprint density at radius 2 is 0.597 bits per heavy atom. The van der Waals surface area contributed by atoms with Gasteiger partial charge in [0.2, 0.25) is 0 Å².